The van der Waals surface area contributed by atoms with E-state index in [0.717, 1.165) is 28.1 Å². The van der Waals surface area contributed by atoms with Crippen molar-refractivity contribution in [2.24, 2.45) is 0 Å². The summed E-state index contributed by atoms with van der Waals surface area (Å²) in [5.41, 5.74) is 3.45. The van der Waals surface area contributed by atoms with Gasteiger partial charge >= 0.3 is 7.60 Å². The van der Waals surface area contributed by atoms with E-state index in [0.29, 0.717) is 6.54 Å². The third-order valence-electron chi connectivity index (χ3n) is 4.41. The van der Waals surface area contributed by atoms with E-state index in [-0.39, 0.29) is 18.0 Å². The minimum atomic E-state index is -3.53. The normalized spacial score (nSPS) is 13.1. The first-order chi connectivity index (χ1) is 13.5. The molecule has 2 aromatic rings. The van der Waals surface area contributed by atoms with Gasteiger partial charge in [-0.3, -0.25) is 9.55 Å². The van der Waals surface area contributed by atoms with Gasteiger partial charge in [-0.15, -0.1) is 0 Å². The highest BCUT2D eigenvalue weighted by Gasteiger charge is 2.39. The van der Waals surface area contributed by atoms with Crippen LogP contribution in [0.5, 0.6) is 5.75 Å². The highest BCUT2D eigenvalue weighted by Crippen LogP contribution is 2.62. The highest BCUT2D eigenvalue weighted by atomic mass is 31.2. The summed E-state index contributed by atoms with van der Waals surface area (Å²) in [6, 6.07) is 7.55. The molecule has 0 aliphatic rings. The van der Waals surface area contributed by atoms with E-state index in [9.17, 15) is 9.67 Å². The number of nitrogens with one attached hydrogen (secondary N) is 1. The number of aryl methyl sites for hydroxylation is 3. The Balaban J connectivity index is 2.47. The molecule has 0 radical (unpaired) electrons. The van der Waals surface area contributed by atoms with Crippen LogP contribution in [0, 0.1) is 20.8 Å². The van der Waals surface area contributed by atoms with Gasteiger partial charge in [0, 0.05) is 12.2 Å². The van der Waals surface area contributed by atoms with Crippen LogP contribution in [0.1, 0.15) is 55.7 Å². The molecule has 160 valence electrons. The predicted octanol–water partition coefficient (Wildman–Crippen LogP) is 5.91. The summed E-state index contributed by atoms with van der Waals surface area (Å²) in [5.74, 6) is 0.243. The molecule has 29 heavy (non-hydrogen) atoms. The van der Waals surface area contributed by atoms with Gasteiger partial charge in [-0.1, -0.05) is 12.1 Å². The number of phenolic OH excluding ortho intramolecular Hbond substituents is 1. The fourth-order valence-corrected chi connectivity index (χ4v) is 5.49. The van der Waals surface area contributed by atoms with Crippen LogP contribution in [0.2, 0.25) is 0 Å². The van der Waals surface area contributed by atoms with E-state index in [1.807, 2.05) is 72.7 Å². The van der Waals surface area contributed by atoms with Crippen molar-refractivity contribution in [2.45, 2.75) is 66.3 Å². The van der Waals surface area contributed by atoms with Gasteiger partial charge in [0.25, 0.3) is 0 Å². The topological polar surface area (TPSA) is 80.7 Å². The summed E-state index contributed by atoms with van der Waals surface area (Å²) >= 11 is 0. The number of benzene rings is 1. The summed E-state index contributed by atoms with van der Waals surface area (Å²) in [7, 11) is -3.53. The second-order valence-electron chi connectivity index (χ2n) is 7.94. The van der Waals surface area contributed by atoms with Crippen molar-refractivity contribution in [3.8, 4) is 5.75 Å². The number of rotatable bonds is 9. The van der Waals surface area contributed by atoms with Crippen molar-refractivity contribution in [1.29, 1.82) is 0 Å². The van der Waals surface area contributed by atoms with Crippen molar-refractivity contribution >= 4 is 13.3 Å². The average Bonchev–Trinajstić information content (AvgIpc) is 2.59. The van der Waals surface area contributed by atoms with Gasteiger partial charge in [-0.2, -0.15) is 0 Å². The Morgan fingerprint density at radius 3 is 2.03 bits per heavy atom. The molecule has 0 saturated carbocycles. The fraction of sp³-hybridized carbons (Fsp3) is 0.500. The van der Waals surface area contributed by atoms with Crippen molar-refractivity contribution in [3.63, 3.8) is 0 Å². The maximum absolute atomic E-state index is 14.0. The van der Waals surface area contributed by atoms with Crippen molar-refractivity contribution in [2.75, 3.05) is 11.9 Å². The van der Waals surface area contributed by atoms with E-state index in [2.05, 4.69) is 10.3 Å². The molecule has 1 aromatic carbocycles. The van der Waals surface area contributed by atoms with Crippen molar-refractivity contribution in [3.05, 3.63) is 52.8 Å². The number of nitrogens with zero attached hydrogens (tertiary/aromatic N) is 1. The molecular formula is C22H33N2O4P. The van der Waals surface area contributed by atoms with Crippen LogP contribution in [0.3, 0.4) is 0 Å². The molecule has 1 heterocycles. The van der Waals surface area contributed by atoms with E-state index >= 15 is 0 Å². The number of hydrogen-bond donors (Lipinski definition) is 2. The number of pyridine rings is 1. The van der Waals surface area contributed by atoms with Crippen LogP contribution >= 0.6 is 7.60 Å². The Kier molecular flexibility index (Phi) is 7.87. The highest BCUT2D eigenvalue weighted by molar-refractivity contribution is 7.54. The quantitative estimate of drug-likeness (QED) is 0.491. The SMILES string of the molecule is Cc1ccc(NCC(c2cc(C)c(O)c(C)c2)P(=O)(OC(C)C)OC(C)C)cn1. The maximum Gasteiger partial charge on any atom is 0.340 e. The zero-order valence-corrected chi connectivity index (χ0v) is 19.3. The molecule has 0 aliphatic heterocycles. The largest absolute Gasteiger partial charge is 0.507 e. The zero-order chi connectivity index (χ0) is 21.8. The summed E-state index contributed by atoms with van der Waals surface area (Å²) in [6.45, 7) is 13.3. The standard InChI is InChI=1S/C22H33N2O4P/c1-14(2)27-29(26,28-15(3)4)21(13-24-20-9-8-18(7)23-12-20)19-10-16(5)22(25)17(6)11-19/h8-12,14-15,21,24-25H,13H2,1-7H3. The Bertz CT molecular complexity index is 829. The van der Waals surface area contributed by atoms with Gasteiger partial charge in [0.2, 0.25) is 0 Å². The number of hydrogen-bond acceptors (Lipinski definition) is 6. The smallest absolute Gasteiger partial charge is 0.340 e. The molecule has 0 bridgehead atoms. The minimum absolute atomic E-state index is 0.243. The van der Waals surface area contributed by atoms with Crippen LogP contribution in [0.4, 0.5) is 5.69 Å². The van der Waals surface area contributed by atoms with Crippen molar-refractivity contribution in [1.82, 2.24) is 4.98 Å². The lowest BCUT2D eigenvalue weighted by atomic mass is 10.0. The molecule has 0 aliphatic carbocycles. The monoisotopic (exact) mass is 420 g/mol. The molecule has 2 N–H and O–H groups in total. The van der Waals surface area contributed by atoms with Crippen molar-refractivity contribution < 1.29 is 18.7 Å². The third-order valence-corrected chi connectivity index (χ3v) is 7.08. The van der Waals surface area contributed by atoms with Gasteiger partial charge in [-0.05, 0) is 77.3 Å². The van der Waals surface area contributed by atoms with E-state index in [1.54, 1.807) is 6.20 Å². The second-order valence-corrected chi connectivity index (χ2v) is 10.1. The number of phenols is 1. The average molecular weight is 420 g/mol. The molecule has 1 atom stereocenters. The van der Waals surface area contributed by atoms with Gasteiger partial charge in [0.05, 0.1) is 24.1 Å². The summed E-state index contributed by atoms with van der Waals surface area (Å²) in [4.78, 5) is 4.30. The molecule has 0 fully saturated rings. The van der Waals surface area contributed by atoms with Crippen LogP contribution in [-0.4, -0.2) is 28.8 Å². The Labute approximate surface area is 174 Å². The lowest BCUT2D eigenvalue weighted by molar-refractivity contribution is 0.137. The van der Waals surface area contributed by atoms with Crippen LogP contribution < -0.4 is 5.32 Å². The first-order valence-electron chi connectivity index (χ1n) is 9.95. The number of anilines is 1. The summed E-state index contributed by atoms with van der Waals surface area (Å²) in [5, 5.41) is 13.5. The molecule has 1 unspecified atom stereocenters. The van der Waals surface area contributed by atoms with E-state index < -0.39 is 13.3 Å². The fourth-order valence-electron chi connectivity index (χ4n) is 3.14. The Morgan fingerprint density at radius 2 is 1.59 bits per heavy atom. The van der Waals surface area contributed by atoms with Crippen LogP contribution in [0.15, 0.2) is 30.5 Å². The third kappa shape index (κ3) is 6.30. The summed E-state index contributed by atoms with van der Waals surface area (Å²) < 4.78 is 25.8. The molecule has 1 aromatic heterocycles. The van der Waals surface area contributed by atoms with Crippen LogP contribution in [0.25, 0.3) is 0 Å². The molecule has 0 saturated heterocycles. The number of aromatic hydroxyl groups is 1. The first kappa shape index (κ1) is 23.4. The van der Waals surface area contributed by atoms with E-state index in [4.69, 9.17) is 9.05 Å². The molecule has 0 spiro atoms. The second kappa shape index (κ2) is 9.75. The van der Waals surface area contributed by atoms with Gasteiger partial charge in [-0.25, -0.2) is 0 Å². The van der Waals surface area contributed by atoms with Gasteiger partial charge < -0.3 is 19.5 Å². The predicted molar refractivity (Wildman–Crippen MR) is 118 cm³/mol. The first-order valence-corrected chi connectivity index (χ1v) is 11.6. The Morgan fingerprint density at radius 1 is 1.03 bits per heavy atom. The minimum Gasteiger partial charge on any atom is -0.507 e. The lowest BCUT2D eigenvalue weighted by Gasteiger charge is -2.31. The molecule has 6 nitrogen and oxygen atoms in total. The number of aromatic nitrogens is 1. The van der Waals surface area contributed by atoms with E-state index in [1.165, 1.54) is 0 Å². The molecule has 2 rings (SSSR count). The zero-order valence-electron chi connectivity index (χ0n) is 18.4. The summed E-state index contributed by atoms with van der Waals surface area (Å²) in [6.07, 6.45) is 1.22. The van der Waals surface area contributed by atoms with Gasteiger partial charge in [0.15, 0.2) is 0 Å². The van der Waals surface area contributed by atoms with Gasteiger partial charge in [0.1, 0.15) is 11.4 Å². The maximum atomic E-state index is 14.0. The van der Waals surface area contributed by atoms with Crippen LogP contribution in [-0.2, 0) is 13.6 Å². The Hall–Kier alpha value is -1.88. The molecular weight excluding hydrogens is 387 g/mol. The molecule has 0 amide bonds. The molecule has 7 heteroatoms. The lowest BCUT2D eigenvalue weighted by Crippen LogP contribution is -2.20.